The molecule has 0 spiro atoms. The lowest BCUT2D eigenvalue weighted by Crippen LogP contribution is -1.88. The average molecular weight is 306 g/mol. The Kier molecular flexibility index (Phi) is 3.25. The van der Waals surface area contributed by atoms with Crippen LogP contribution in [0.25, 0.3) is 27.5 Å². The molecule has 0 aliphatic carbocycles. The molecule has 0 amide bonds. The van der Waals surface area contributed by atoms with E-state index in [0.717, 1.165) is 33.0 Å². The van der Waals surface area contributed by atoms with Crippen LogP contribution in [-0.2, 0) is 6.61 Å². The zero-order valence-corrected chi connectivity index (χ0v) is 12.6. The fraction of sp³-hybridized carbons (Fsp3) is 0.0556. The van der Waals surface area contributed by atoms with Crippen molar-refractivity contribution in [3.8, 4) is 22.5 Å². The maximum absolute atomic E-state index is 9.19. The van der Waals surface area contributed by atoms with E-state index >= 15 is 0 Å². The van der Waals surface area contributed by atoms with E-state index in [4.69, 9.17) is 4.98 Å². The summed E-state index contributed by atoms with van der Waals surface area (Å²) in [5.41, 5.74) is 5.20. The summed E-state index contributed by atoms with van der Waals surface area (Å²) >= 11 is 1.63. The molecule has 4 rings (SSSR count). The number of rotatable bonds is 3. The van der Waals surface area contributed by atoms with Crippen LogP contribution < -0.4 is 0 Å². The fourth-order valence-electron chi connectivity index (χ4n) is 2.63. The van der Waals surface area contributed by atoms with Crippen molar-refractivity contribution in [1.29, 1.82) is 0 Å². The van der Waals surface area contributed by atoms with E-state index in [2.05, 4.69) is 22.7 Å². The molecule has 0 fully saturated rings. The molecular formula is C18H14N2OS. The van der Waals surface area contributed by atoms with Crippen LogP contribution in [0, 0.1) is 0 Å². The number of aliphatic hydroxyl groups excluding tert-OH is 1. The van der Waals surface area contributed by atoms with Gasteiger partial charge >= 0.3 is 0 Å². The number of hydrogen-bond donors (Lipinski definition) is 1. The van der Waals surface area contributed by atoms with E-state index in [1.807, 2.05) is 47.8 Å². The average Bonchev–Trinajstić information content (AvgIpc) is 3.16. The minimum Gasteiger partial charge on any atom is -0.392 e. The Morgan fingerprint density at radius 2 is 1.73 bits per heavy atom. The van der Waals surface area contributed by atoms with Crippen molar-refractivity contribution in [1.82, 2.24) is 9.38 Å². The van der Waals surface area contributed by atoms with Crippen LogP contribution in [0.2, 0.25) is 0 Å². The van der Waals surface area contributed by atoms with Gasteiger partial charge in [-0.25, -0.2) is 4.98 Å². The fourth-order valence-corrected chi connectivity index (χ4v) is 3.34. The standard InChI is InChI=1S/C18H14N2OS/c21-12-13-6-8-14(9-7-13)16-17(15-4-2-1-3-5-15)20-10-11-22-18(20)19-16/h1-11,21H,12H2. The number of benzene rings is 2. The van der Waals surface area contributed by atoms with Crippen molar-refractivity contribution in [2.45, 2.75) is 6.61 Å². The molecule has 0 saturated heterocycles. The Morgan fingerprint density at radius 3 is 2.45 bits per heavy atom. The largest absolute Gasteiger partial charge is 0.392 e. The lowest BCUT2D eigenvalue weighted by molar-refractivity contribution is 0.282. The van der Waals surface area contributed by atoms with Gasteiger partial charge in [0.05, 0.1) is 18.0 Å². The maximum atomic E-state index is 9.19. The Bertz CT molecular complexity index is 907. The Morgan fingerprint density at radius 1 is 0.955 bits per heavy atom. The number of imidazole rings is 1. The van der Waals surface area contributed by atoms with Gasteiger partial charge in [-0.15, -0.1) is 11.3 Å². The second-order valence-corrected chi connectivity index (χ2v) is 5.96. The summed E-state index contributed by atoms with van der Waals surface area (Å²) in [5, 5.41) is 11.2. The van der Waals surface area contributed by atoms with Crippen molar-refractivity contribution >= 4 is 16.3 Å². The summed E-state index contributed by atoms with van der Waals surface area (Å²) in [5.74, 6) is 0. The first-order valence-corrected chi connectivity index (χ1v) is 7.96. The Labute approximate surface area is 132 Å². The molecule has 4 heteroatoms. The van der Waals surface area contributed by atoms with Gasteiger partial charge in [-0.05, 0) is 5.56 Å². The van der Waals surface area contributed by atoms with Gasteiger partial charge in [-0.1, -0.05) is 54.6 Å². The van der Waals surface area contributed by atoms with Crippen LogP contribution in [0.3, 0.4) is 0 Å². The van der Waals surface area contributed by atoms with Crippen LogP contribution >= 0.6 is 11.3 Å². The highest BCUT2D eigenvalue weighted by Gasteiger charge is 2.16. The monoisotopic (exact) mass is 306 g/mol. The minimum absolute atomic E-state index is 0.0596. The first-order valence-electron chi connectivity index (χ1n) is 7.08. The van der Waals surface area contributed by atoms with E-state index in [1.54, 1.807) is 11.3 Å². The zero-order valence-electron chi connectivity index (χ0n) is 11.8. The maximum Gasteiger partial charge on any atom is 0.194 e. The molecule has 3 nitrogen and oxygen atoms in total. The summed E-state index contributed by atoms with van der Waals surface area (Å²) in [7, 11) is 0. The molecule has 0 unspecified atom stereocenters. The molecule has 108 valence electrons. The Balaban J connectivity index is 1.95. The summed E-state index contributed by atoms with van der Waals surface area (Å²) in [6.07, 6.45) is 2.06. The molecule has 0 aliphatic rings. The third-order valence-corrected chi connectivity index (χ3v) is 4.48. The Hall–Kier alpha value is -2.43. The second kappa shape index (κ2) is 5.40. The number of thiazole rings is 1. The normalized spacial score (nSPS) is 11.1. The summed E-state index contributed by atoms with van der Waals surface area (Å²) in [4.78, 5) is 5.78. The minimum atomic E-state index is 0.0596. The van der Waals surface area contributed by atoms with Gasteiger partial charge in [-0.3, -0.25) is 4.40 Å². The van der Waals surface area contributed by atoms with Gasteiger partial charge in [0.2, 0.25) is 0 Å². The van der Waals surface area contributed by atoms with Crippen LogP contribution in [0.5, 0.6) is 0 Å². The van der Waals surface area contributed by atoms with E-state index < -0.39 is 0 Å². The molecular weight excluding hydrogens is 292 g/mol. The molecule has 2 heterocycles. The first kappa shape index (κ1) is 13.2. The van der Waals surface area contributed by atoms with Gasteiger partial charge in [0.15, 0.2) is 4.96 Å². The SMILES string of the molecule is OCc1ccc(-c2nc3sccn3c2-c2ccccc2)cc1. The summed E-state index contributed by atoms with van der Waals surface area (Å²) in [6, 6.07) is 18.2. The van der Waals surface area contributed by atoms with Crippen molar-refractivity contribution in [2.24, 2.45) is 0 Å². The number of aromatic nitrogens is 2. The number of fused-ring (bicyclic) bond motifs is 1. The zero-order chi connectivity index (χ0) is 14.9. The van der Waals surface area contributed by atoms with Crippen molar-refractivity contribution < 1.29 is 5.11 Å². The van der Waals surface area contributed by atoms with Gasteiger partial charge in [0, 0.05) is 22.7 Å². The molecule has 2 aromatic heterocycles. The molecule has 2 aromatic carbocycles. The lowest BCUT2D eigenvalue weighted by Gasteiger charge is -2.05. The molecule has 22 heavy (non-hydrogen) atoms. The van der Waals surface area contributed by atoms with Gasteiger partial charge in [-0.2, -0.15) is 0 Å². The summed E-state index contributed by atoms with van der Waals surface area (Å²) in [6.45, 7) is 0.0596. The highest BCUT2D eigenvalue weighted by Crippen LogP contribution is 2.34. The third kappa shape index (κ3) is 2.13. The predicted octanol–water partition coefficient (Wildman–Crippen LogP) is 4.22. The van der Waals surface area contributed by atoms with E-state index in [-0.39, 0.29) is 6.61 Å². The molecule has 0 atom stereocenters. The molecule has 4 aromatic rings. The highest BCUT2D eigenvalue weighted by molar-refractivity contribution is 7.15. The lowest BCUT2D eigenvalue weighted by atomic mass is 10.0. The van der Waals surface area contributed by atoms with Gasteiger partial charge < -0.3 is 5.11 Å². The van der Waals surface area contributed by atoms with Crippen molar-refractivity contribution in [3.63, 3.8) is 0 Å². The second-order valence-electron chi connectivity index (χ2n) is 5.09. The van der Waals surface area contributed by atoms with Gasteiger partial charge in [0.25, 0.3) is 0 Å². The number of hydrogen-bond acceptors (Lipinski definition) is 3. The smallest absolute Gasteiger partial charge is 0.194 e. The van der Waals surface area contributed by atoms with Crippen LogP contribution in [0.4, 0.5) is 0 Å². The molecule has 0 bridgehead atoms. The number of nitrogens with zero attached hydrogens (tertiary/aromatic N) is 2. The van der Waals surface area contributed by atoms with E-state index in [1.165, 1.54) is 0 Å². The van der Waals surface area contributed by atoms with Crippen molar-refractivity contribution in [2.75, 3.05) is 0 Å². The van der Waals surface area contributed by atoms with Crippen LogP contribution in [0.15, 0.2) is 66.2 Å². The molecule has 1 N–H and O–H groups in total. The highest BCUT2D eigenvalue weighted by atomic mass is 32.1. The quantitative estimate of drug-likeness (QED) is 0.615. The molecule has 0 aliphatic heterocycles. The van der Waals surface area contributed by atoms with E-state index in [0.29, 0.717) is 0 Å². The van der Waals surface area contributed by atoms with Crippen molar-refractivity contribution in [3.05, 3.63) is 71.7 Å². The first-order chi connectivity index (χ1) is 10.9. The molecule has 0 saturated carbocycles. The molecule has 0 radical (unpaired) electrons. The predicted molar refractivity (Wildman–Crippen MR) is 89.9 cm³/mol. The summed E-state index contributed by atoms with van der Waals surface area (Å²) < 4.78 is 2.13. The van der Waals surface area contributed by atoms with Crippen LogP contribution in [0.1, 0.15) is 5.56 Å². The van der Waals surface area contributed by atoms with Gasteiger partial charge in [0.1, 0.15) is 0 Å². The van der Waals surface area contributed by atoms with E-state index in [9.17, 15) is 5.11 Å². The van der Waals surface area contributed by atoms with Crippen LogP contribution in [-0.4, -0.2) is 14.5 Å². The topological polar surface area (TPSA) is 37.5 Å². The third-order valence-electron chi connectivity index (χ3n) is 3.72. The number of aliphatic hydroxyl groups is 1.